The van der Waals surface area contributed by atoms with Gasteiger partial charge in [-0.2, -0.15) is 0 Å². The number of carbonyl (C=O) groups is 3. The normalized spacial score (nSPS) is 18.0. The molecule has 5 N–H and O–H groups in total. The Kier molecular flexibility index (Phi) is 12.8. The van der Waals surface area contributed by atoms with E-state index in [0.29, 0.717) is 42.0 Å². The lowest BCUT2D eigenvalue weighted by atomic mass is 10.0. The summed E-state index contributed by atoms with van der Waals surface area (Å²) in [7, 11) is 0. The minimum absolute atomic E-state index is 0.0474. The third-order valence-corrected chi connectivity index (χ3v) is 8.51. The average molecular weight is 623 g/mol. The molecule has 0 aliphatic carbocycles. The lowest BCUT2D eigenvalue weighted by molar-refractivity contribution is -0.245. The summed E-state index contributed by atoms with van der Waals surface area (Å²) >= 11 is 1.43. The van der Waals surface area contributed by atoms with E-state index in [4.69, 9.17) is 14.7 Å². The molecule has 1 aliphatic rings. The van der Waals surface area contributed by atoms with Crippen molar-refractivity contribution in [3.05, 3.63) is 95.1 Å². The van der Waals surface area contributed by atoms with Crippen molar-refractivity contribution >= 4 is 35.2 Å². The van der Waals surface area contributed by atoms with Gasteiger partial charge in [0.1, 0.15) is 0 Å². The average Bonchev–Trinajstić information content (AvgIpc) is 3.05. The number of hydroxylamine groups is 1. The zero-order valence-corrected chi connectivity index (χ0v) is 25.1. The van der Waals surface area contributed by atoms with Gasteiger partial charge in [-0.05, 0) is 48.2 Å². The number of ether oxygens (including phenoxy) is 2. The van der Waals surface area contributed by atoms with Crippen molar-refractivity contribution in [1.82, 2.24) is 5.48 Å². The van der Waals surface area contributed by atoms with Gasteiger partial charge in [0.2, 0.25) is 11.8 Å². The molecule has 234 valence electrons. The Morgan fingerprint density at radius 2 is 1.48 bits per heavy atom. The molecule has 0 spiro atoms. The monoisotopic (exact) mass is 622 g/mol. The molecule has 11 heteroatoms. The number of carboxylic acids is 1. The molecule has 1 fully saturated rings. The van der Waals surface area contributed by atoms with Crippen LogP contribution in [0.4, 0.5) is 5.69 Å². The molecule has 44 heavy (non-hydrogen) atoms. The molecule has 1 aliphatic heterocycles. The molecule has 0 aromatic heterocycles. The quantitative estimate of drug-likeness (QED) is 0.0594. The first-order valence-corrected chi connectivity index (χ1v) is 15.6. The Labute approximate surface area is 260 Å². The summed E-state index contributed by atoms with van der Waals surface area (Å²) < 4.78 is 12.8. The summed E-state index contributed by atoms with van der Waals surface area (Å²) in [5, 5.41) is 30.4. The maximum absolute atomic E-state index is 12.4. The first-order valence-electron chi connectivity index (χ1n) is 14.6. The highest BCUT2D eigenvalue weighted by atomic mass is 32.2. The predicted molar refractivity (Wildman–Crippen MR) is 165 cm³/mol. The number of amides is 2. The second kappa shape index (κ2) is 16.9. The molecule has 0 radical (unpaired) electrons. The van der Waals surface area contributed by atoms with Gasteiger partial charge >= 0.3 is 5.97 Å². The van der Waals surface area contributed by atoms with E-state index in [2.05, 4.69) is 5.32 Å². The minimum atomic E-state index is -0.974. The molecule has 3 aromatic carbocycles. The number of carboxylic acid groups (broad SMARTS) is 1. The standard InChI is InChI=1S/C33H38N2O8S/c36-20-22-11-13-23(14-12-22)28-19-26(21-44-29-8-6-5-7-27(29)32(39)40)42-33(43-28)24-15-17-25(18-16-24)34-30(37)9-3-1-2-4-10-31(38)35-41/h5-8,11-18,26,28,33,36,41H,1-4,9-10,19-21H2,(H,34,37)(H,35,38)(H,39,40)/t26-,28+,33+/m1/s1. The van der Waals surface area contributed by atoms with E-state index in [1.807, 2.05) is 42.5 Å². The second-order valence-electron chi connectivity index (χ2n) is 10.6. The second-order valence-corrected chi connectivity index (χ2v) is 11.6. The van der Waals surface area contributed by atoms with Crippen LogP contribution < -0.4 is 10.8 Å². The first-order chi connectivity index (χ1) is 21.4. The zero-order chi connectivity index (χ0) is 31.3. The number of anilines is 1. The van der Waals surface area contributed by atoms with Crippen LogP contribution in [0.25, 0.3) is 0 Å². The van der Waals surface area contributed by atoms with Gasteiger partial charge in [0.25, 0.3) is 0 Å². The number of aromatic carboxylic acids is 1. The van der Waals surface area contributed by atoms with Crippen LogP contribution in [0.5, 0.6) is 0 Å². The van der Waals surface area contributed by atoms with E-state index >= 15 is 0 Å². The van der Waals surface area contributed by atoms with Crippen molar-refractivity contribution in [2.45, 2.75) is 74.9 Å². The molecule has 1 saturated heterocycles. The highest BCUT2D eigenvalue weighted by Gasteiger charge is 2.32. The largest absolute Gasteiger partial charge is 0.478 e. The van der Waals surface area contributed by atoms with Crippen LogP contribution in [0.2, 0.25) is 0 Å². The van der Waals surface area contributed by atoms with Gasteiger partial charge < -0.3 is 25.0 Å². The summed E-state index contributed by atoms with van der Waals surface area (Å²) in [6, 6.07) is 21.8. The molecule has 0 saturated carbocycles. The van der Waals surface area contributed by atoms with Gasteiger partial charge in [-0.25, -0.2) is 10.3 Å². The third-order valence-electron chi connectivity index (χ3n) is 7.31. The van der Waals surface area contributed by atoms with E-state index < -0.39 is 18.2 Å². The summed E-state index contributed by atoms with van der Waals surface area (Å²) in [4.78, 5) is 35.8. The molecule has 3 atom stereocenters. The van der Waals surface area contributed by atoms with Crippen molar-refractivity contribution in [3.8, 4) is 0 Å². The fourth-order valence-corrected chi connectivity index (χ4v) is 5.97. The Balaban J connectivity index is 1.37. The maximum atomic E-state index is 12.4. The van der Waals surface area contributed by atoms with E-state index in [1.54, 1.807) is 35.8 Å². The number of aliphatic hydroxyl groups excluding tert-OH is 1. The molecular weight excluding hydrogens is 584 g/mol. The number of hydrogen-bond donors (Lipinski definition) is 5. The van der Waals surface area contributed by atoms with Crippen molar-refractivity contribution in [2.24, 2.45) is 0 Å². The molecule has 2 amide bonds. The van der Waals surface area contributed by atoms with E-state index in [9.17, 15) is 24.6 Å². The number of aliphatic hydroxyl groups is 1. The van der Waals surface area contributed by atoms with Crippen molar-refractivity contribution < 1.29 is 39.3 Å². The Morgan fingerprint density at radius 3 is 2.14 bits per heavy atom. The Hall–Kier alpha value is -3.74. The van der Waals surface area contributed by atoms with Gasteiger partial charge in [-0.3, -0.25) is 14.8 Å². The number of unbranched alkanes of at least 4 members (excludes halogenated alkanes) is 3. The van der Waals surface area contributed by atoms with Crippen LogP contribution in [-0.4, -0.2) is 45.1 Å². The molecule has 10 nitrogen and oxygen atoms in total. The van der Waals surface area contributed by atoms with Gasteiger partial charge in [-0.1, -0.05) is 61.4 Å². The van der Waals surface area contributed by atoms with Crippen molar-refractivity contribution in [1.29, 1.82) is 0 Å². The number of nitrogens with one attached hydrogen (secondary N) is 2. The number of carbonyl (C=O) groups excluding carboxylic acids is 2. The fraction of sp³-hybridized carbons (Fsp3) is 0.364. The van der Waals surface area contributed by atoms with Crippen LogP contribution in [-0.2, 0) is 25.7 Å². The molecule has 0 bridgehead atoms. The van der Waals surface area contributed by atoms with Gasteiger partial charge in [-0.15, -0.1) is 11.8 Å². The van der Waals surface area contributed by atoms with Crippen LogP contribution >= 0.6 is 11.8 Å². The smallest absolute Gasteiger partial charge is 0.336 e. The SMILES string of the molecule is O=C(CCCCCCC(=O)Nc1ccc([C@H]2O[C@@H](CSc3ccccc3C(=O)O)C[C@@H](c3ccc(CO)cc3)O2)cc1)NO. The summed E-state index contributed by atoms with van der Waals surface area (Å²) in [5.74, 6) is -0.949. The Morgan fingerprint density at radius 1 is 0.818 bits per heavy atom. The number of rotatable bonds is 15. The summed E-state index contributed by atoms with van der Waals surface area (Å²) in [6.45, 7) is -0.0474. The number of thioether (sulfide) groups is 1. The zero-order valence-electron chi connectivity index (χ0n) is 24.3. The van der Waals surface area contributed by atoms with Crippen molar-refractivity contribution in [3.63, 3.8) is 0 Å². The number of hydrogen-bond acceptors (Lipinski definition) is 8. The maximum Gasteiger partial charge on any atom is 0.336 e. The minimum Gasteiger partial charge on any atom is -0.478 e. The van der Waals surface area contributed by atoms with Crippen LogP contribution in [0.3, 0.4) is 0 Å². The molecule has 4 rings (SSSR count). The third kappa shape index (κ3) is 9.90. The van der Waals surface area contributed by atoms with E-state index in [1.165, 1.54) is 11.8 Å². The van der Waals surface area contributed by atoms with Gasteiger partial charge in [0.15, 0.2) is 6.29 Å². The van der Waals surface area contributed by atoms with Crippen molar-refractivity contribution in [2.75, 3.05) is 11.1 Å². The Bertz CT molecular complexity index is 1380. The highest BCUT2D eigenvalue weighted by Crippen LogP contribution is 2.40. The lowest BCUT2D eigenvalue weighted by Crippen LogP contribution is -2.31. The number of benzene rings is 3. The summed E-state index contributed by atoms with van der Waals surface area (Å²) in [5.41, 5.74) is 5.07. The predicted octanol–water partition coefficient (Wildman–Crippen LogP) is 6.00. The van der Waals surface area contributed by atoms with Gasteiger partial charge in [0.05, 0.1) is 24.4 Å². The van der Waals surface area contributed by atoms with Crippen LogP contribution in [0.15, 0.2) is 77.7 Å². The molecular formula is C33H38N2O8S. The van der Waals surface area contributed by atoms with Gasteiger partial charge in [0, 0.05) is 41.2 Å². The summed E-state index contributed by atoms with van der Waals surface area (Å²) in [6.07, 6.45) is 2.98. The van der Waals surface area contributed by atoms with Crippen LogP contribution in [0, 0.1) is 0 Å². The van der Waals surface area contributed by atoms with E-state index in [-0.39, 0.29) is 36.7 Å². The topological polar surface area (TPSA) is 154 Å². The lowest BCUT2D eigenvalue weighted by Gasteiger charge is -2.36. The molecule has 0 unspecified atom stereocenters. The molecule has 1 heterocycles. The fourth-order valence-electron chi connectivity index (χ4n) is 4.90. The van der Waals surface area contributed by atoms with E-state index in [0.717, 1.165) is 29.5 Å². The highest BCUT2D eigenvalue weighted by molar-refractivity contribution is 7.99. The molecule has 3 aromatic rings. The van der Waals surface area contributed by atoms with Crippen LogP contribution in [0.1, 0.15) is 84.4 Å². The first kappa shape index (κ1) is 33.2.